The van der Waals surface area contributed by atoms with Crippen LogP contribution in [0.3, 0.4) is 0 Å². The summed E-state index contributed by atoms with van der Waals surface area (Å²) in [5.74, 6) is -0.187. The Kier molecular flexibility index (Phi) is 14.3. The van der Waals surface area contributed by atoms with Gasteiger partial charge in [-0.1, -0.05) is 6.58 Å². The van der Waals surface area contributed by atoms with E-state index in [1.807, 2.05) is 0 Å². The number of ketones is 2. The number of carbonyl (C=O) groups excluding carboxylic acids is 2. The maximum atomic E-state index is 10.0. The summed E-state index contributed by atoms with van der Waals surface area (Å²) in [7, 11) is 0. The average molecular weight is 259 g/mol. The summed E-state index contributed by atoms with van der Waals surface area (Å²) >= 11 is 0. The molecule has 0 aliphatic carbocycles. The molecule has 0 radical (unpaired) electrons. The molecule has 0 aromatic carbocycles. The number of aliphatic hydroxyl groups is 2. The van der Waals surface area contributed by atoms with Gasteiger partial charge in [0.15, 0.2) is 5.78 Å². The fraction of sp³-hybridized carbons (Fsp3) is 0.400. The first-order valence-corrected chi connectivity index (χ1v) is 3.99. The van der Waals surface area contributed by atoms with Crippen molar-refractivity contribution in [3.05, 3.63) is 24.2 Å². The number of hydrogen-bond acceptors (Lipinski definition) is 4. The molecule has 0 aromatic heterocycles. The molecule has 0 amide bonds. The third-order valence-corrected chi connectivity index (χ3v) is 0.865. The van der Waals surface area contributed by atoms with Gasteiger partial charge in [0.2, 0.25) is 0 Å². The van der Waals surface area contributed by atoms with Crippen molar-refractivity contribution in [3.8, 4) is 0 Å². The third-order valence-electron chi connectivity index (χ3n) is 0.865. The van der Waals surface area contributed by atoms with Gasteiger partial charge in [-0.15, -0.1) is 0 Å². The second-order valence-electron chi connectivity index (χ2n) is 2.84. The van der Waals surface area contributed by atoms with E-state index in [1.165, 1.54) is 26.8 Å². The Morgan fingerprint density at radius 3 is 1.60 bits per heavy atom. The number of carbonyl (C=O) groups is 2. The normalized spacial score (nSPS) is 9.13. The van der Waals surface area contributed by atoms with Crippen LogP contribution in [0.2, 0.25) is 0 Å². The summed E-state index contributed by atoms with van der Waals surface area (Å²) in [5, 5.41) is 16.7. The molecule has 0 saturated carbocycles. The van der Waals surface area contributed by atoms with E-state index >= 15 is 0 Å². The van der Waals surface area contributed by atoms with E-state index in [1.54, 1.807) is 0 Å². The minimum Gasteiger partial charge on any atom is -0.512 e. The number of hydrogen-bond donors (Lipinski definition) is 2. The third kappa shape index (κ3) is 32.2. The van der Waals surface area contributed by atoms with Crippen molar-refractivity contribution >= 4 is 11.6 Å². The molecular weight excluding hydrogens is 243 g/mol. The zero-order valence-electron chi connectivity index (χ0n) is 9.02. The summed E-state index contributed by atoms with van der Waals surface area (Å²) in [6.07, 6.45) is 1.25. The monoisotopic (exact) mass is 258 g/mol. The predicted molar refractivity (Wildman–Crippen MR) is 54.1 cm³/mol. The molecule has 0 aromatic rings. The van der Waals surface area contributed by atoms with Gasteiger partial charge in [-0.2, -0.15) is 0 Å². The first-order valence-electron chi connectivity index (χ1n) is 3.99. The molecule has 0 heterocycles. The Bertz CT molecular complexity index is 240. The summed E-state index contributed by atoms with van der Waals surface area (Å²) in [6.45, 7) is 7.38. The molecule has 0 saturated heterocycles. The zero-order valence-corrected chi connectivity index (χ0v) is 10.0. The van der Waals surface area contributed by atoms with E-state index in [2.05, 4.69) is 6.58 Å². The minimum atomic E-state index is -0.125. The van der Waals surface area contributed by atoms with E-state index in [4.69, 9.17) is 10.2 Å². The Morgan fingerprint density at radius 1 is 1.20 bits per heavy atom. The quantitative estimate of drug-likeness (QED) is 0.462. The fourth-order valence-electron chi connectivity index (χ4n) is 0.582. The van der Waals surface area contributed by atoms with E-state index in [0.717, 1.165) is 0 Å². The molecule has 0 unspecified atom stereocenters. The molecule has 0 spiro atoms. The first-order chi connectivity index (χ1) is 6.25. The molecule has 2 N–H and O–H groups in total. The Balaban J connectivity index is -0.000000180. The van der Waals surface area contributed by atoms with Gasteiger partial charge in [-0.05, 0) is 20.8 Å². The van der Waals surface area contributed by atoms with Gasteiger partial charge in [-0.3, -0.25) is 9.59 Å². The molecule has 4 nitrogen and oxygen atoms in total. The maximum Gasteiger partial charge on any atom is 0.155 e. The fourth-order valence-corrected chi connectivity index (χ4v) is 0.582. The summed E-state index contributed by atoms with van der Waals surface area (Å²) in [4.78, 5) is 20.1. The van der Waals surface area contributed by atoms with E-state index in [0.29, 0.717) is 0 Å². The molecule has 90 valence electrons. The van der Waals surface area contributed by atoms with Gasteiger partial charge >= 0.3 is 0 Å². The van der Waals surface area contributed by atoms with Crippen molar-refractivity contribution in [1.82, 2.24) is 0 Å². The molecule has 0 aliphatic rings. The van der Waals surface area contributed by atoms with E-state index < -0.39 is 0 Å². The summed E-state index contributed by atoms with van der Waals surface area (Å²) < 4.78 is 0. The maximum absolute atomic E-state index is 10.0. The minimum absolute atomic E-state index is 0. The Hall–Kier alpha value is -1.09. The molecule has 0 atom stereocenters. The number of allylic oxidation sites excluding steroid dienone is 3. The summed E-state index contributed by atoms with van der Waals surface area (Å²) in [5.41, 5.74) is 0. The average Bonchev–Trinajstić information content (AvgIpc) is 1.79. The second-order valence-corrected chi connectivity index (χ2v) is 2.84. The van der Waals surface area contributed by atoms with Crippen LogP contribution in [0.25, 0.3) is 0 Å². The van der Waals surface area contributed by atoms with Gasteiger partial charge in [0.25, 0.3) is 0 Å². The van der Waals surface area contributed by atoms with E-state index in [-0.39, 0.29) is 46.0 Å². The standard InChI is InChI=1S/2C5H8O2.Ni/c2*1-4(6)3-5(2)7;/h3,6H,1-2H3;6H,1,3H2,2H3;/b4-3-;;. The van der Waals surface area contributed by atoms with Crippen molar-refractivity contribution in [3.63, 3.8) is 0 Å². The van der Waals surface area contributed by atoms with Crippen LogP contribution < -0.4 is 0 Å². The topological polar surface area (TPSA) is 74.6 Å². The first kappa shape index (κ1) is 19.5. The van der Waals surface area contributed by atoms with E-state index in [9.17, 15) is 9.59 Å². The van der Waals surface area contributed by atoms with Gasteiger partial charge in [-0.25, -0.2) is 0 Å². The van der Waals surface area contributed by atoms with Crippen LogP contribution in [0.4, 0.5) is 0 Å². The SMILES string of the molecule is C=C(O)CC(C)=O.CC(=O)/C=C(/C)O.[Ni]. The molecular formula is C10H16NiO4. The number of rotatable bonds is 3. The Labute approximate surface area is 99.6 Å². The smallest absolute Gasteiger partial charge is 0.155 e. The van der Waals surface area contributed by atoms with Crippen LogP contribution >= 0.6 is 0 Å². The molecule has 0 aliphatic heterocycles. The van der Waals surface area contributed by atoms with Gasteiger partial charge in [0.05, 0.1) is 17.9 Å². The van der Waals surface area contributed by atoms with Crippen molar-refractivity contribution in [2.75, 3.05) is 0 Å². The van der Waals surface area contributed by atoms with Crippen molar-refractivity contribution in [2.24, 2.45) is 0 Å². The van der Waals surface area contributed by atoms with Gasteiger partial charge in [0, 0.05) is 22.6 Å². The van der Waals surface area contributed by atoms with Crippen LogP contribution in [-0.4, -0.2) is 21.8 Å². The number of aliphatic hydroxyl groups excluding tert-OH is 2. The second kappa shape index (κ2) is 11.0. The van der Waals surface area contributed by atoms with Gasteiger partial charge in [0.1, 0.15) is 5.78 Å². The molecule has 0 rings (SSSR count). The van der Waals surface area contributed by atoms with Crippen LogP contribution in [0.1, 0.15) is 27.2 Å². The van der Waals surface area contributed by atoms with Gasteiger partial charge < -0.3 is 10.2 Å². The summed E-state index contributed by atoms with van der Waals surface area (Å²) in [6, 6.07) is 0. The molecule has 15 heavy (non-hydrogen) atoms. The number of Topliss-reactive ketones (excluding diaryl/α,β-unsaturated/α-hetero) is 1. The molecule has 0 fully saturated rings. The van der Waals surface area contributed by atoms with Crippen LogP contribution in [0.5, 0.6) is 0 Å². The largest absolute Gasteiger partial charge is 0.512 e. The molecule has 0 bridgehead atoms. The van der Waals surface area contributed by atoms with Crippen LogP contribution in [-0.2, 0) is 26.1 Å². The van der Waals surface area contributed by atoms with Crippen molar-refractivity contribution < 1.29 is 36.3 Å². The van der Waals surface area contributed by atoms with Crippen LogP contribution in [0.15, 0.2) is 24.2 Å². The van der Waals surface area contributed by atoms with Crippen molar-refractivity contribution in [2.45, 2.75) is 27.2 Å². The van der Waals surface area contributed by atoms with Crippen LogP contribution in [0, 0.1) is 0 Å². The van der Waals surface area contributed by atoms with Crippen molar-refractivity contribution in [1.29, 1.82) is 0 Å². The predicted octanol–water partition coefficient (Wildman–Crippen LogP) is 2.07. The Morgan fingerprint density at radius 2 is 1.60 bits per heavy atom. The molecule has 5 heteroatoms. The zero-order chi connectivity index (χ0) is 11.7.